The van der Waals surface area contributed by atoms with E-state index in [4.69, 9.17) is 74.9 Å². The molecule has 1 aromatic rings. The van der Waals surface area contributed by atoms with Gasteiger partial charge in [-0.3, -0.25) is 0 Å². The number of hydrogen-bond donors (Lipinski definition) is 0. The molecule has 0 unspecified atom stereocenters. The number of nitrogens with zero attached hydrogens (tertiary/aromatic N) is 1. The fourth-order valence-electron chi connectivity index (χ4n) is 1.06. The normalized spacial score (nSPS) is 12.3. The van der Waals surface area contributed by atoms with Crippen molar-refractivity contribution >= 4 is 69.6 Å². The molecule has 16 heavy (non-hydrogen) atoms. The van der Waals surface area contributed by atoms with Gasteiger partial charge in [0.25, 0.3) is 0 Å². The monoisotopic (exact) mass is 335 g/mol. The summed E-state index contributed by atoms with van der Waals surface area (Å²) in [7, 11) is 0. The first-order valence-electron chi connectivity index (χ1n) is 3.85. The molecule has 0 radical (unpaired) electrons. The second kappa shape index (κ2) is 4.98. The Bertz CT molecular complexity index is 437. The number of hydrogen-bond acceptors (Lipinski definition) is 1. The van der Waals surface area contributed by atoms with E-state index >= 15 is 0 Å². The van der Waals surface area contributed by atoms with Gasteiger partial charge < -0.3 is 0 Å². The van der Waals surface area contributed by atoms with E-state index in [0.29, 0.717) is 5.56 Å². The summed E-state index contributed by atoms with van der Waals surface area (Å²) in [6, 6.07) is 6.20. The van der Waals surface area contributed by atoms with Crippen molar-refractivity contribution in [2.24, 2.45) is 0 Å². The van der Waals surface area contributed by atoms with Crippen LogP contribution in [0.4, 0.5) is 0 Å². The highest BCUT2D eigenvalue weighted by molar-refractivity contribution is 6.67. The lowest BCUT2D eigenvalue weighted by atomic mass is 10.1. The van der Waals surface area contributed by atoms with Crippen LogP contribution in [0.3, 0.4) is 0 Å². The van der Waals surface area contributed by atoms with Crippen molar-refractivity contribution in [2.45, 2.75) is 7.59 Å². The van der Waals surface area contributed by atoms with Gasteiger partial charge in [-0.2, -0.15) is 5.26 Å². The summed E-state index contributed by atoms with van der Waals surface area (Å²) in [5.74, 6) is 0. The third-order valence-corrected chi connectivity index (χ3v) is 3.04. The van der Waals surface area contributed by atoms with Gasteiger partial charge in [-0.15, -0.1) is 0 Å². The van der Waals surface area contributed by atoms with Crippen molar-refractivity contribution in [3.63, 3.8) is 0 Å². The molecule has 0 N–H and O–H groups in total. The highest BCUT2D eigenvalue weighted by Crippen LogP contribution is 2.43. The molecule has 0 bridgehead atoms. The van der Waals surface area contributed by atoms with Crippen molar-refractivity contribution in [1.29, 1.82) is 5.26 Å². The first-order chi connectivity index (χ1) is 7.16. The van der Waals surface area contributed by atoms with Gasteiger partial charge in [-0.05, 0) is 6.07 Å². The Balaban J connectivity index is 3.36. The van der Waals surface area contributed by atoms with E-state index in [2.05, 4.69) is 0 Å². The molecule has 0 aliphatic heterocycles. The number of nitriles is 1. The van der Waals surface area contributed by atoms with Crippen LogP contribution in [0.25, 0.3) is 0 Å². The SMILES string of the molecule is N#Cc1cc(C(Cl)(Cl)Cl)ccc1C(Cl)(Cl)Cl. The predicted octanol–water partition coefficient (Wildman–Crippen LogP) is 5.21. The average molecular weight is 338 g/mol. The molecular weight excluding hydrogens is 335 g/mol. The maximum absolute atomic E-state index is 8.92. The number of benzene rings is 1. The van der Waals surface area contributed by atoms with Gasteiger partial charge in [-0.1, -0.05) is 81.7 Å². The maximum Gasteiger partial charge on any atom is 0.217 e. The summed E-state index contributed by atoms with van der Waals surface area (Å²) in [6.45, 7) is 0. The van der Waals surface area contributed by atoms with Gasteiger partial charge in [0.1, 0.15) is 0 Å². The van der Waals surface area contributed by atoms with E-state index in [1.165, 1.54) is 18.2 Å². The van der Waals surface area contributed by atoms with Gasteiger partial charge >= 0.3 is 0 Å². The van der Waals surface area contributed by atoms with Gasteiger partial charge in [0, 0.05) is 11.1 Å². The molecule has 0 aromatic heterocycles. The standard InChI is InChI=1S/C9H3Cl6N/c10-8(11,12)6-1-2-7(9(13,14)15)5(3-6)4-16/h1-3H. The Morgan fingerprint density at radius 3 is 1.88 bits per heavy atom. The third kappa shape index (κ3) is 3.47. The van der Waals surface area contributed by atoms with Crippen LogP contribution in [-0.4, -0.2) is 0 Å². The van der Waals surface area contributed by atoms with Crippen LogP contribution >= 0.6 is 69.6 Å². The highest BCUT2D eigenvalue weighted by atomic mass is 35.6. The molecule has 0 aliphatic carbocycles. The van der Waals surface area contributed by atoms with Crippen LogP contribution in [0.15, 0.2) is 18.2 Å². The first-order valence-corrected chi connectivity index (χ1v) is 6.11. The van der Waals surface area contributed by atoms with Crippen LogP contribution in [0.1, 0.15) is 16.7 Å². The first kappa shape index (κ1) is 14.5. The molecular formula is C9H3Cl6N. The third-order valence-electron chi connectivity index (χ3n) is 1.77. The van der Waals surface area contributed by atoms with Crippen molar-refractivity contribution in [3.8, 4) is 6.07 Å². The number of halogens is 6. The molecule has 0 amide bonds. The topological polar surface area (TPSA) is 23.8 Å². The van der Waals surface area contributed by atoms with Crippen molar-refractivity contribution in [2.75, 3.05) is 0 Å². The quantitative estimate of drug-likeness (QED) is 0.596. The highest BCUT2D eigenvalue weighted by Gasteiger charge is 2.29. The molecule has 1 nitrogen and oxygen atoms in total. The number of rotatable bonds is 0. The van der Waals surface area contributed by atoms with Crippen molar-refractivity contribution < 1.29 is 0 Å². The molecule has 0 spiro atoms. The zero-order chi connectivity index (χ0) is 12.6. The van der Waals surface area contributed by atoms with E-state index < -0.39 is 7.59 Å². The van der Waals surface area contributed by atoms with Gasteiger partial charge in [-0.25, -0.2) is 0 Å². The van der Waals surface area contributed by atoms with E-state index in [9.17, 15) is 0 Å². The van der Waals surface area contributed by atoms with Crippen LogP contribution < -0.4 is 0 Å². The van der Waals surface area contributed by atoms with Crippen LogP contribution in [0, 0.1) is 11.3 Å². The minimum absolute atomic E-state index is 0.156. The molecule has 1 aromatic carbocycles. The summed E-state index contributed by atoms with van der Waals surface area (Å²) in [6.07, 6.45) is 0. The van der Waals surface area contributed by atoms with E-state index in [-0.39, 0.29) is 11.1 Å². The van der Waals surface area contributed by atoms with Crippen molar-refractivity contribution in [1.82, 2.24) is 0 Å². The summed E-state index contributed by atoms with van der Waals surface area (Å²) in [5, 5.41) is 8.92. The minimum Gasteiger partial charge on any atom is -0.192 e. The molecule has 7 heteroatoms. The van der Waals surface area contributed by atoms with Gasteiger partial charge in [0.05, 0.1) is 11.6 Å². The lowest BCUT2D eigenvalue weighted by Gasteiger charge is -2.16. The summed E-state index contributed by atoms with van der Waals surface area (Å²) in [4.78, 5) is 0. The zero-order valence-corrected chi connectivity index (χ0v) is 12.0. The second-order valence-electron chi connectivity index (χ2n) is 2.87. The summed E-state index contributed by atoms with van der Waals surface area (Å²) < 4.78 is -3.30. The Labute approximate surface area is 123 Å². The molecule has 1 rings (SSSR count). The second-order valence-corrected chi connectivity index (χ2v) is 7.43. The van der Waals surface area contributed by atoms with E-state index in [1.54, 1.807) is 0 Å². The van der Waals surface area contributed by atoms with Gasteiger partial charge in [0.2, 0.25) is 7.59 Å². The molecule has 86 valence electrons. The Morgan fingerprint density at radius 1 is 0.938 bits per heavy atom. The molecule has 0 heterocycles. The smallest absolute Gasteiger partial charge is 0.192 e. The van der Waals surface area contributed by atoms with Crippen LogP contribution in [0.2, 0.25) is 0 Å². The van der Waals surface area contributed by atoms with Gasteiger partial charge in [0.15, 0.2) is 0 Å². The van der Waals surface area contributed by atoms with E-state index in [0.717, 1.165) is 0 Å². The fraction of sp³-hybridized carbons (Fsp3) is 0.222. The Hall–Kier alpha value is 0.450. The van der Waals surface area contributed by atoms with Crippen LogP contribution in [-0.2, 0) is 7.59 Å². The van der Waals surface area contributed by atoms with E-state index in [1.807, 2.05) is 6.07 Å². The predicted molar refractivity (Wildman–Crippen MR) is 69.6 cm³/mol. The molecule has 0 saturated carbocycles. The largest absolute Gasteiger partial charge is 0.217 e. The zero-order valence-electron chi connectivity index (χ0n) is 7.45. The molecule has 0 saturated heterocycles. The lowest BCUT2D eigenvalue weighted by Crippen LogP contribution is -2.07. The Kier molecular flexibility index (Phi) is 4.52. The summed E-state index contributed by atoms with van der Waals surface area (Å²) >= 11 is 34.1. The molecule has 0 fully saturated rings. The summed E-state index contributed by atoms with van der Waals surface area (Å²) in [5.41, 5.74) is 0.744. The average Bonchev–Trinajstić information content (AvgIpc) is 2.14. The lowest BCUT2D eigenvalue weighted by molar-refractivity contribution is 1.17. The molecule has 0 aliphatic rings. The number of alkyl halides is 6. The minimum atomic E-state index is -1.68. The van der Waals surface area contributed by atoms with Crippen molar-refractivity contribution in [3.05, 3.63) is 34.9 Å². The molecule has 0 atom stereocenters. The Morgan fingerprint density at radius 2 is 1.50 bits per heavy atom. The fourth-order valence-corrected chi connectivity index (χ4v) is 1.91. The van der Waals surface area contributed by atoms with Crippen LogP contribution in [0.5, 0.6) is 0 Å². The maximum atomic E-state index is 8.92.